The minimum Gasteiger partial charge on any atom is -0.468 e. The first-order valence-corrected chi connectivity index (χ1v) is 7.39. The van der Waals surface area contributed by atoms with Crippen molar-refractivity contribution in [3.8, 4) is 22.0 Å². The number of hydrogen-bond acceptors (Lipinski definition) is 4. The van der Waals surface area contributed by atoms with Gasteiger partial charge < -0.3 is 9.30 Å². The first-order chi connectivity index (χ1) is 10.3. The molecule has 0 unspecified atom stereocenters. The van der Waals surface area contributed by atoms with Crippen molar-refractivity contribution in [3.05, 3.63) is 54.0 Å². The van der Waals surface area contributed by atoms with Crippen molar-refractivity contribution in [1.29, 1.82) is 0 Å². The van der Waals surface area contributed by atoms with Gasteiger partial charge in [-0.2, -0.15) is 0 Å². The summed E-state index contributed by atoms with van der Waals surface area (Å²) in [5, 5.41) is 2.92. The maximum Gasteiger partial charge on any atom is 0.325 e. The summed E-state index contributed by atoms with van der Waals surface area (Å²) in [7, 11) is 1.39. The number of thiazole rings is 1. The van der Waals surface area contributed by atoms with Gasteiger partial charge in [-0.25, -0.2) is 4.98 Å². The van der Waals surface area contributed by atoms with Crippen molar-refractivity contribution < 1.29 is 9.53 Å². The molecule has 0 saturated carbocycles. The predicted octanol–water partition coefficient (Wildman–Crippen LogP) is 3.45. The number of benzene rings is 1. The summed E-state index contributed by atoms with van der Waals surface area (Å²) in [4.78, 5) is 16.1. The lowest BCUT2D eigenvalue weighted by atomic mass is 10.2. The third kappa shape index (κ3) is 2.87. The normalized spacial score (nSPS) is 10.5. The molecule has 0 N–H and O–H groups in total. The van der Waals surface area contributed by atoms with Gasteiger partial charge in [-0.1, -0.05) is 30.3 Å². The summed E-state index contributed by atoms with van der Waals surface area (Å²) >= 11 is 1.57. The van der Waals surface area contributed by atoms with Crippen LogP contribution in [0.3, 0.4) is 0 Å². The van der Waals surface area contributed by atoms with E-state index in [2.05, 4.69) is 4.98 Å². The molecule has 5 heteroatoms. The highest BCUT2D eigenvalue weighted by atomic mass is 32.1. The van der Waals surface area contributed by atoms with Gasteiger partial charge in [0.05, 0.1) is 18.5 Å². The Morgan fingerprint density at radius 1 is 1.24 bits per heavy atom. The van der Waals surface area contributed by atoms with E-state index in [4.69, 9.17) is 4.74 Å². The van der Waals surface area contributed by atoms with Gasteiger partial charge in [-0.15, -0.1) is 11.3 Å². The molecule has 4 nitrogen and oxygen atoms in total. The van der Waals surface area contributed by atoms with E-state index in [0.717, 1.165) is 22.0 Å². The molecule has 0 bridgehead atoms. The van der Waals surface area contributed by atoms with E-state index in [9.17, 15) is 4.79 Å². The molecular weight excluding hydrogens is 284 g/mol. The maximum atomic E-state index is 11.4. The number of hydrogen-bond donors (Lipinski definition) is 0. The molecule has 3 rings (SSSR count). The van der Waals surface area contributed by atoms with Crippen molar-refractivity contribution in [2.45, 2.75) is 6.54 Å². The standard InChI is InChI=1S/C16H14N2O2S/c1-20-15(19)10-18-9-5-8-14(18)16-17-13(11-21-16)12-6-3-2-4-7-12/h2-9,11H,10H2,1H3. The number of carbonyl (C=O) groups is 1. The predicted molar refractivity (Wildman–Crippen MR) is 83.0 cm³/mol. The van der Waals surface area contributed by atoms with Gasteiger partial charge in [0.25, 0.3) is 0 Å². The summed E-state index contributed by atoms with van der Waals surface area (Å²) in [6, 6.07) is 13.9. The number of methoxy groups -OCH3 is 1. The Morgan fingerprint density at radius 2 is 2.05 bits per heavy atom. The smallest absolute Gasteiger partial charge is 0.325 e. The third-order valence-corrected chi connectivity index (χ3v) is 4.01. The average Bonchev–Trinajstić information content (AvgIpc) is 3.16. The summed E-state index contributed by atoms with van der Waals surface area (Å²) in [6.07, 6.45) is 1.86. The Kier molecular flexibility index (Phi) is 3.83. The van der Waals surface area contributed by atoms with Crippen LogP contribution < -0.4 is 0 Å². The Balaban J connectivity index is 1.91. The molecule has 0 saturated heterocycles. The van der Waals surface area contributed by atoms with E-state index in [1.165, 1.54) is 7.11 Å². The van der Waals surface area contributed by atoms with Gasteiger partial charge in [-0.3, -0.25) is 4.79 Å². The molecule has 3 aromatic rings. The topological polar surface area (TPSA) is 44.1 Å². The second kappa shape index (κ2) is 5.93. The van der Waals surface area contributed by atoms with Gasteiger partial charge >= 0.3 is 5.97 Å². The molecule has 2 heterocycles. The number of rotatable bonds is 4. The van der Waals surface area contributed by atoms with Gasteiger partial charge in [0.15, 0.2) is 0 Å². The zero-order chi connectivity index (χ0) is 14.7. The minimum absolute atomic E-state index is 0.194. The molecule has 0 spiro atoms. The number of nitrogens with zero attached hydrogens (tertiary/aromatic N) is 2. The fraction of sp³-hybridized carbons (Fsp3) is 0.125. The lowest BCUT2D eigenvalue weighted by Crippen LogP contribution is -2.11. The largest absolute Gasteiger partial charge is 0.468 e. The second-order valence-electron chi connectivity index (χ2n) is 4.50. The lowest BCUT2D eigenvalue weighted by Gasteiger charge is -2.05. The van der Waals surface area contributed by atoms with Crippen LogP contribution in [0.5, 0.6) is 0 Å². The van der Waals surface area contributed by atoms with Crippen molar-refractivity contribution >= 4 is 17.3 Å². The summed E-state index contributed by atoms with van der Waals surface area (Å²) in [6.45, 7) is 0.194. The molecule has 0 aliphatic carbocycles. The first kappa shape index (κ1) is 13.6. The van der Waals surface area contributed by atoms with E-state index in [-0.39, 0.29) is 12.5 Å². The molecule has 21 heavy (non-hydrogen) atoms. The van der Waals surface area contributed by atoms with Crippen LogP contribution in [0.4, 0.5) is 0 Å². The number of esters is 1. The summed E-state index contributed by atoms with van der Waals surface area (Å²) in [5.74, 6) is -0.271. The van der Waals surface area contributed by atoms with E-state index in [1.54, 1.807) is 11.3 Å². The van der Waals surface area contributed by atoms with E-state index < -0.39 is 0 Å². The first-order valence-electron chi connectivity index (χ1n) is 6.51. The quantitative estimate of drug-likeness (QED) is 0.693. The maximum absolute atomic E-state index is 11.4. The zero-order valence-electron chi connectivity index (χ0n) is 11.5. The molecule has 1 aromatic carbocycles. The molecule has 0 radical (unpaired) electrons. The van der Waals surface area contributed by atoms with Crippen LogP contribution >= 0.6 is 11.3 Å². The van der Waals surface area contributed by atoms with Crippen LogP contribution in [0.2, 0.25) is 0 Å². The van der Waals surface area contributed by atoms with Gasteiger partial charge in [0.1, 0.15) is 11.6 Å². The molecule has 0 atom stereocenters. The molecule has 0 aliphatic rings. The van der Waals surface area contributed by atoms with Gasteiger partial charge in [-0.05, 0) is 12.1 Å². The third-order valence-electron chi connectivity index (χ3n) is 3.15. The SMILES string of the molecule is COC(=O)Cn1cccc1-c1nc(-c2ccccc2)cs1. The number of aromatic nitrogens is 2. The zero-order valence-corrected chi connectivity index (χ0v) is 12.3. The molecule has 106 valence electrons. The Bertz CT molecular complexity index is 746. The molecule has 0 fully saturated rings. The lowest BCUT2D eigenvalue weighted by molar-refractivity contribution is -0.141. The van der Waals surface area contributed by atoms with E-state index >= 15 is 0 Å². The van der Waals surface area contributed by atoms with Crippen molar-refractivity contribution in [3.63, 3.8) is 0 Å². The Labute approximate surface area is 126 Å². The van der Waals surface area contributed by atoms with E-state index in [0.29, 0.717) is 0 Å². The van der Waals surface area contributed by atoms with Crippen molar-refractivity contribution in [1.82, 2.24) is 9.55 Å². The molecule has 0 amide bonds. The number of ether oxygens (including phenoxy) is 1. The minimum atomic E-state index is -0.271. The van der Waals surface area contributed by atoms with Crippen molar-refractivity contribution in [2.24, 2.45) is 0 Å². The van der Waals surface area contributed by atoms with Gasteiger partial charge in [0, 0.05) is 17.1 Å². The van der Waals surface area contributed by atoms with Crippen LogP contribution in [0, 0.1) is 0 Å². The van der Waals surface area contributed by atoms with Crippen LogP contribution in [0.15, 0.2) is 54.0 Å². The fourth-order valence-corrected chi connectivity index (χ4v) is 2.95. The summed E-state index contributed by atoms with van der Waals surface area (Å²) < 4.78 is 6.56. The molecule has 0 aliphatic heterocycles. The fourth-order valence-electron chi connectivity index (χ4n) is 2.08. The monoisotopic (exact) mass is 298 g/mol. The van der Waals surface area contributed by atoms with Crippen LogP contribution in [-0.4, -0.2) is 22.6 Å². The highest BCUT2D eigenvalue weighted by Crippen LogP contribution is 2.29. The van der Waals surface area contributed by atoms with Crippen LogP contribution in [0.25, 0.3) is 22.0 Å². The average molecular weight is 298 g/mol. The Morgan fingerprint density at radius 3 is 2.81 bits per heavy atom. The van der Waals surface area contributed by atoms with Gasteiger partial charge in [0.2, 0.25) is 0 Å². The van der Waals surface area contributed by atoms with Crippen LogP contribution in [0.1, 0.15) is 0 Å². The Hall–Kier alpha value is -2.40. The second-order valence-corrected chi connectivity index (χ2v) is 5.36. The highest BCUT2D eigenvalue weighted by Gasteiger charge is 2.12. The highest BCUT2D eigenvalue weighted by molar-refractivity contribution is 7.13. The molecule has 2 aromatic heterocycles. The van der Waals surface area contributed by atoms with E-state index in [1.807, 2.05) is 58.6 Å². The van der Waals surface area contributed by atoms with Crippen molar-refractivity contribution in [2.75, 3.05) is 7.11 Å². The number of carbonyl (C=O) groups excluding carboxylic acids is 1. The molecular formula is C16H14N2O2S. The van der Waals surface area contributed by atoms with Crippen LogP contribution in [-0.2, 0) is 16.1 Å². The summed E-state index contributed by atoms with van der Waals surface area (Å²) in [5.41, 5.74) is 2.96.